The second-order valence-electron chi connectivity index (χ2n) is 10.8. The van der Waals surface area contributed by atoms with Crippen molar-refractivity contribution in [3.05, 3.63) is 60.3 Å². The quantitative estimate of drug-likeness (QED) is 0.448. The van der Waals surface area contributed by atoms with Gasteiger partial charge in [0.2, 0.25) is 0 Å². The number of urea groups is 1. The maximum Gasteiger partial charge on any atom is 0.410 e. The molecule has 2 saturated heterocycles. The number of benzene rings is 1. The number of aryl methyl sites for hydroxylation is 1. The van der Waals surface area contributed by atoms with Gasteiger partial charge in [-0.1, -0.05) is 25.5 Å². The predicted molar refractivity (Wildman–Crippen MR) is 145 cm³/mol. The SMILES string of the molecule is CCCCOC(=O)N1CC2(C1)CN(C(=O)Nc1cccc(C3(Cc4nncn4C)COC3)c1)c1ncccc1O2. The first-order valence-electron chi connectivity index (χ1n) is 13.6. The summed E-state index contributed by atoms with van der Waals surface area (Å²) < 4.78 is 19.2. The number of anilines is 2. The Bertz CT molecular complexity index is 1400. The Morgan fingerprint density at radius 3 is 2.73 bits per heavy atom. The first kappa shape index (κ1) is 26.1. The normalized spacial score (nSPS) is 18.2. The molecule has 5 heterocycles. The molecule has 210 valence electrons. The highest BCUT2D eigenvalue weighted by atomic mass is 16.6. The molecule has 1 spiro atoms. The van der Waals surface area contributed by atoms with E-state index in [2.05, 4.69) is 26.6 Å². The van der Waals surface area contributed by atoms with Crippen LogP contribution in [0.5, 0.6) is 5.75 Å². The summed E-state index contributed by atoms with van der Waals surface area (Å²) in [6, 6.07) is 11.1. The second kappa shape index (κ2) is 10.4. The highest BCUT2D eigenvalue weighted by Crippen LogP contribution is 2.40. The summed E-state index contributed by atoms with van der Waals surface area (Å²) in [5.41, 5.74) is 0.773. The van der Waals surface area contributed by atoms with E-state index in [1.54, 1.807) is 34.5 Å². The molecule has 2 aromatic heterocycles. The van der Waals surface area contributed by atoms with Crippen LogP contribution in [0, 0.1) is 0 Å². The Kier molecular flexibility index (Phi) is 6.78. The number of carbonyl (C=O) groups is 2. The number of pyridine rings is 1. The minimum Gasteiger partial charge on any atom is -0.478 e. The van der Waals surface area contributed by atoms with Gasteiger partial charge in [-0.3, -0.25) is 9.80 Å². The highest BCUT2D eigenvalue weighted by Gasteiger charge is 2.53. The largest absolute Gasteiger partial charge is 0.478 e. The molecule has 3 aliphatic heterocycles. The molecular formula is C28H33N7O5. The molecule has 3 aliphatic rings. The maximum absolute atomic E-state index is 13.7. The average Bonchev–Trinajstić information content (AvgIpc) is 3.32. The van der Waals surface area contributed by atoms with Gasteiger partial charge in [0.15, 0.2) is 17.2 Å². The third-order valence-corrected chi connectivity index (χ3v) is 7.75. The molecule has 0 saturated carbocycles. The molecule has 1 aromatic carbocycles. The monoisotopic (exact) mass is 547 g/mol. The Balaban J connectivity index is 1.17. The minimum atomic E-state index is -0.720. The summed E-state index contributed by atoms with van der Waals surface area (Å²) in [5.74, 6) is 1.82. The highest BCUT2D eigenvalue weighted by molar-refractivity contribution is 6.02. The lowest BCUT2D eigenvalue weighted by Crippen LogP contribution is -2.72. The molecule has 0 radical (unpaired) electrons. The Hall–Kier alpha value is -4.19. The summed E-state index contributed by atoms with van der Waals surface area (Å²) in [6.07, 6.45) is 5.42. The number of aromatic nitrogens is 4. The van der Waals surface area contributed by atoms with Crippen LogP contribution in [0.4, 0.5) is 21.1 Å². The number of unbranched alkanes of at least 4 members (excludes halogenated alkanes) is 1. The molecule has 40 heavy (non-hydrogen) atoms. The number of hydrogen-bond acceptors (Lipinski definition) is 8. The molecule has 12 nitrogen and oxygen atoms in total. The number of likely N-dealkylation sites (tertiary alicyclic amines) is 1. The summed E-state index contributed by atoms with van der Waals surface area (Å²) in [5, 5.41) is 11.3. The lowest BCUT2D eigenvalue weighted by atomic mass is 9.75. The fraction of sp³-hybridized carbons (Fsp3) is 0.464. The fourth-order valence-electron chi connectivity index (χ4n) is 5.41. The number of rotatable bonds is 7. The van der Waals surface area contributed by atoms with Crippen molar-refractivity contribution in [2.75, 3.05) is 49.7 Å². The Morgan fingerprint density at radius 1 is 1.15 bits per heavy atom. The summed E-state index contributed by atoms with van der Waals surface area (Å²) in [6.45, 7) is 4.49. The molecule has 0 atom stereocenters. The average molecular weight is 548 g/mol. The van der Waals surface area contributed by atoms with Gasteiger partial charge in [0.05, 0.1) is 39.5 Å². The molecule has 0 bridgehead atoms. The van der Waals surface area contributed by atoms with Crippen LogP contribution in [0.3, 0.4) is 0 Å². The summed E-state index contributed by atoms with van der Waals surface area (Å²) in [7, 11) is 1.93. The Labute approximate surface area is 232 Å². The van der Waals surface area contributed by atoms with E-state index in [0.29, 0.717) is 56.6 Å². The lowest BCUT2D eigenvalue weighted by molar-refractivity contribution is -0.0676. The topological polar surface area (TPSA) is 124 Å². The molecule has 0 unspecified atom stereocenters. The zero-order chi connectivity index (χ0) is 27.7. The van der Waals surface area contributed by atoms with E-state index in [1.165, 1.54) is 0 Å². The number of hydrogen-bond donors (Lipinski definition) is 1. The van der Waals surface area contributed by atoms with Gasteiger partial charge in [0, 0.05) is 30.8 Å². The van der Waals surface area contributed by atoms with Crippen LogP contribution in [-0.4, -0.2) is 81.8 Å². The third-order valence-electron chi connectivity index (χ3n) is 7.75. The fourth-order valence-corrected chi connectivity index (χ4v) is 5.41. The van der Waals surface area contributed by atoms with Crippen LogP contribution >= 0.6 is 0 Å². The van der Waals surface area contributed by atoms with Crippen molar-refractivity contribution in [1.29, 1.82) is 0 Å². The van der Waals surface area contributed by atoms with Crippen LogP contribution in [0.25, 0.3) is 0 Å². The van der Waals surface area contributed by atoms with Gasteiger partial charge in [0.1, 0.15) is 12.2 Å². The van der Waals surface area contributed by atoms with Gasteiger partial charge in [-0.05, 0) is 36.2 Å². The van der Waals surface area contributed by atoms with Gasteiger partial charge < -0.3 is 24.1 Å². The van der Waals surface area contributed by atoms with Crippen molar-refractivity contribution < 1.29 is 23.8 Å². The number of fused-ring (bicyclic) bond motifs is 1. The van der Waals surface area contributed by atoms with Gasteiger partial charge in [-0.15, -0.1) is 10.2 Å². The first-order chi connectivity index (χ1) is 19.4. The van der Waals surface area contributed by atoms with Gasteiger partial charge in [-0.2, -0.15) is 0 Å². The standard InChI is InChI=1S/C28H33N7O5/c1-3-4-11-39-26(37)34-14-28(15-34)16-35(24-22(40-28)9-6-10-29-24)25(36)31-21-8-5-7-20(12-21)27(17-38-18-27)13-23-32-30-19-33(23)2/h5-10,12,19H,3-4,11,13-18H2,1-2H3,(H,31,36). The third kappa shape index (κ3) is 4.83. The van der Waals surface area contributed by atoms with Crippen LogP contribution in [0.1, 0.15) is 31.2 Å². The molecule has 3 amide bonds. The number of nitrogens with one attached hydrogen (secondary N) is 1. The number of carbonyl (C=O) groups excluding carboxylic acids is 2. The van der Waals surface area contributed by atoms with E-state index < -0.39 is 5.60 Å². The molecule has 6 rings (SSSR count). The van der Waals surface area contributed by atoms with Crippen molar-refractivity contribution >= 4 is 23.6 Å². The van der Waals surface area contributed by atoms with E-state index in [4.69, 9.17) is 14.2 Å². The van der Waals surface area contributed by atoms with E-state index in [9.17, 15) is 9.59 Å². The minimum absolute atomic E-state index is 0.236. The van der Waals surface area contributed by atoms with E-state index in [1.807, 2.05) is 36.7 Å². The molecular weight excluding hydrogens is 514 g/mol. The van der Waals surface area contributed by atoms with Crippen molar-refractivity contribution in [3.63, 3.8) is 0 Å². The van der Waals surface area contributed by atoms with E-state index in [-0.39, 0.29) is 24.1 Å². The van der Waals surface area contributed by atoms with Crippen LogP contribution < -0.4 is 15.0 Å². The van der Waals surface area contributed by atoms with E-state index >= 15 is 0 Å². The van der Waals surface area contributed by atoms with Gasteiger partial charge in [-0.25, -0.2) is 14.6 Å². The zero-order valence-electron chi connectivity index (χ0n) is 22.7. The lowest BCUT2D eigenvalue weighted by Gasteiger charge is -2.52. The molecule has 1 N–H and O–H groups in total. The summed E-state index contributed by atoms with van der Waals surface area (Å²) in [4.78, 5) is 33.7. The first-order valence-corrected chi connectivity index (χ1v) is 13.6. The molecule has 12 heteroatoms. The smallest absolute Gasteiger partial charge is 0.410 e. The summed E-state index contributed by atoms with van der Waals surface area (Å²) >= 11 is 0. The van der Waals surface area contributed by atoms with Crippen molar-refractivity contribution in [2.45, 2.75) is 37.2 Å². The van der Waals surface area contributed by atoms with Gasteiger partial charge in [0.25, 0.3) is 0 Å². The number of nitrogens with zero attached hydrogens (tertiary/aromatic N) is 6. The van der Waals surface area contributed by atoms with Crippen LogP contribution in [0.2, 0.25) is 0 Å². The maximum atomic E-state index is 13.7. The molecule has 3 aromatic rings. The number of ether oxygens (including phenoxy) is 3. The van der Waals surface area contributed by atoms with Crippen LogP contribution in [0.15, 0.2) is 48.9 Å². The zero-order valence-corrected chi connectivity index (χ0v) is 22.7. The Morgan fingerprint density at radius 2 is 2.00 bits per heavy atom. The second-order valence-corrected chi connectivity index (χ2v) is 10.8. The van der Waals surface area contributed by atoms with Crippen molar-refractivity contribution in [2.24, 2.45) is 7.05 Å². The molecule has 0 aliphatic carbocycles. The van der Waals surface area contributed by atoms with E-state index in [0.717, 1.165) is 24.2 Å². The molecule has 2 fully saturated rings. The predicted octanol–water partition coefficient (Wildman–Crippen LogP) is 3.14. The van der Waals surface area contributed by atoms with Crippen molar-refractivity contribution in [1.82, 2.24) is 24.6 Å². The van der Waals surface area contributed by atoms with Gasteiger partial charge >= 0.3 is 12.1 Å². The van der Waals surface area contributed by atoms with Crippen molar-refractivity contribution in [3.8, 4) is 5.75 Å². The number of amides is 3. The van der Waals surface area contributed by atoms with Crippen LogP contribution in [-0.2, 0) is 28.4 Å².